The summed E-state index contributed by atoms with van der Waals surface area (Å²) in [6.45, 7) is 4.64. The molecule has 0 bridgehead atoms. The summed E-state index contributed by atoms with van der Waals surface area (Å²) >= 11 is 5.11. The number of nitrogens with zero attached hydrogens (tertiary/aromatic N) is 3. The largest absolute Gasteiger partial charge is 0.417 e. The molecule has 2 aromatic rings. The van der Waals surface area contributed by atoms with Gasteiger partial charge in [-0.1, -0.05) is 13.8 Å². The summed E-state index contributed by atoms with van der Waals surface area (Å²) in [4.78, 5) is 3.83. The topological polar surface area (TPSA) is 46.5 Å². The zero-order chi connectivity index (χ0) is 14.9. The molecule has 0 aliphatic carbocycles. The second kappa shape index (κ2) is 5.35. The number of nitrogens with one attached hydrogen (secondary N) is 1. The van der Waals surface area contributed by atoms with Crippen molar-refractivity contribution in [3.63, 3.8) is 0 Å². The fourth-order valence-corrected chi connectivity index (χ4v) is 1.95. The highest BCUT2D eigenvalue weighted by Crippen LogP contribution is 2.29. The van der Waals surface area contributed by atoms with E-state index in [2.05, 4.69) is 15.2 Å². The van der Waals surface area contributed by atoms with Gasteiger partial charge in [-0.3, -0.25) is 14.6 Å². The first-order chi connectivity index (χ1) is 9.29. The van der Waals surface area contributed by atoms with Gasteiger partial charge >= 0.3 is 6.18 Å². The lowest BCUT2D eigenvalue weighted by atomic mass is 10.2. The van der Waals surface area contributed by atoms with Crippen LogP contribution < -0.4 is 0 Å². The molecule has 0 atom stereocenters. The summed E-state index contributed by atoms with van der Waals surface area (Å²) in [5.41, 5.74) is -0.434. The van der Waals surface area contributed by atoms with Crippen LogP contribution in [-0.2, 0) is 12.7 Å². The summed E-state index contributed by atoms with van der Waals surface area (Å²) < 4.78 is 39.6. The van der Waals surface area contributed by atoms with E-state index in [1.165, 1.54) is 6.07 Å². The highest BCUT2D eigenvalue weighted by molar-refractivity contribution is 7.71. The van der Waals surface area contributed by atoms with E-state index < -0.39 is 11.7 Å². The summed E-state index contributed by atoms with van der Waals surface area (Å²) in [6, 6.07) is 2.28. The number of halogens is 3. The van der Waals surface area contributed by atoms with Gasteiger partial charge in [-0.15, -0.1) is 0 Å². The molecule has 0 aliphatic rings. The van der Waals surface area contributed by atoms with Crippen molar-refractivity contribution >= 4 is 12.2 Å². The van der Waals surface area contributed by atoms with E-state index in [4.69, 9.17) is 12.2 Å². The van der Waals surface area contributed by atoms with Gasteiger partial charge in [0.05, 0.1) is 5.56 Å². The Bertz CT molecular complexity index is 640. The maximum Gasteiger partial charge on any atom is 0.417 e. The fraction of sp³-hybridized carbons (Fsp3) is 0.417. The van der Waals surface area contributed by atoms with Crippen molar-refractivity contribution < 1.29 is 13.2 Å². The minimum Gasteiger partial charge on any atom is -0.299 e. The van der Waals surface area contributed by atoms with E-state index in [-0.39, 0.29) is 0 Å². The third-order valence-electron chi connectivity index (χ3n) is 2.63. The molecule has 0 saturated carbocycles. The molecular weight excluding hydrogens is 289 g/mol. The van der Waals surface area contributed by atoms with Crippen LogP contribution in [0.2, 0.25) is 0 Å². The van der Waals surface area contributed by atoms with E-state index in [1.807, 2.05) is 13.8 Å². The van der Waals surface area contributed by atoms with Crippen molar-refractivity contribution in [2.24, 2.45) is 5.92 Å². The number of aromatic nitrogens is 4. The molecule has 0 aliphatic heterocycles. The fourth-order valence-electron chi connectivity index (χ4n) is 1.74. The SMILES string of the molecule is CC(C)Cn1c(-c2ccc(C(F)(F)F)cn2)n[nH]c1=S. The van der Waals surface area contributed by atoms with Crippen molar-refractivity contribution in [3.05, 3.63) is 28.7 Å². The van der Waals surface area contributed by atoms with E-state index in [1.54, 1.807) is 4.57 Å². The minimum atomic E-state index is -4.39. The monoisotopic (exact) mass is 302 g/mol. The molecule has 4 nitrogen and oxygen atoms in total. The van der Waals surface area contributed by atoms with Crippen molar-refractivity contribution in [2.45, 2.75) is 26.6 Å². The van der Waals surface area contributed by atoms with E-state index in [0.29, 0.717) is 28.8 Å². The standard InChI is InChI=1S/C12H13F3N4S/c1-7(2)6-19-10(17-18-11(19)20)9-4-3-8(5-16-9)12(13,14)15/h3-5,7H,6H2,1-2H3,(H,18,20). The number of H-pyrrole nitrogens is 1. The lowest BCUT2D eigenvalue weighted by Crippen LogP contribution is -2.08. The van der Waals surface area contributed by atoms with Gasteiger partial charge in [-0.05, 0) is 30.3 Å². The van der Waals surface area contributed by atoms with Gasteiger partial charge < -0.3 is 0 Å². The molecular formula is C12H13F3N4S. The lowest BCUT2D eigenvalue weighted by Gasteiger charge is -2.10. The molecule has 20 heavy (non-hydrogen) atoms. The first-order valence-corrected chi connectivity index (χ1v) is 6.38. The first-order valence-electron chi connectivity index (χ1n) is 5.98. The van der Waals surface area contributed by atoms with E-state index in [0.717, 1.165) is 12.3 Å². The maximum atomic E-state index is 12.5. The Labute approximate surface area is 118 Å². The van der Waals surface area contributed by atoms with Crippen LogP contribution in [0.15, 0.2) is 18.3 Å². The quantitative estimate of drug-likeness (QED) is 0.880. The van der Waals surface area contributed by atoms with E-state index >= 15 is 0 Å². The van der Waals surface area contributed by atoms with Crippen molar-refractivity contribution in [2.75, 3.05) is 0 Å². The zero-order valence-corrected chi connectivity index (χ0v) is 11.7. The summed E-state index contributed by atoms with van der Waals surface area (Å²) in [5.74, 6) is 0.768. The Kier molecular flexibility index (Phi) is 3.94. The van der Waals surface area contributed by atoms with Gasteiger partial charge in [0.2, 0.25) is 0 Å². The van der Waals surface area contributed by atoms with Gasteiger partial charge in [0.25, 0.3) is 0 Å². The Morgan fingerprint density at radius 1 is 1.35 bits per heavy atom. The van der Waals surface area contributed by atoms with Gasteiger partial charge in [0, 0.05) is 12.7 Å². The highest BCUT2D eigenvalue weighted by atomic mass is 32.1. The van der Waals surface area contributed by atoms with Crippen molar-refractivity contribution in [3.8, 4) is 11.5 Å². The summed E-state index contributed by atoms with van der Waals surface area (Å²) in [7, 11) is 0. The number of aromatic amines is 1. The Hall–Kier alpha value is -1.70. The zero-order valence-electron chi connectivity index (χ0n) is 10.9. The third kappa shape index (κ3) is 3.06. The van der Waals surface area contributed by atoms with Crippen LogP contribution in [0, 0.1) is 10.7 Å². The third-order valence-corrected chi connectivity index (χ3v) is 2.94. The van der Waals surface area contributed by atoms with Gasteiger partial charge in [0.15, 0.2) is 10.6 Å². The van der Waals surface area contributed by atoms with Crippen LogP contribution in [0.25, 0.3) is 11.5 Å². The second-order valence-electron chi connectivity index (χ2n) is 4.79. The van der Waals surface area contributed by atoms with Crippen LogP contribution in [-0.4, -0.2) is 19.7 Å². The number of hydrogen-bond acceptors (Lipinski definition) is 3. The molecule has 0 aromatic carbocycles. The normalized spacial score (nSPS) is 12.1. The van der Waals surface area contributed by atoms with Crippen LogP contribution in [0.5, 0.6) is 0 Å². The van der Waals surface area contributed by atoms with Crippen LogP contribution >= 0.6 is 12.2 Å². The molecule has 0 saturated heterocycles. The Morgan fingerprint density at radius 3 is 2.55 bits per heavy atom. The molecule has 108 valence electrons. The van der Waals surface area contributed by atoms with Gasteiger partial charge in [0.1, 0.15) is 5.69 Å². The van der Waals surface area contributed by atoms with Crippen LogP contribution in [0.3, 0.4) is 0 Å². The molecule has 0 fully saturated rings. The summed E-state index contributed by atoms with van der Waals surface area (Å²) in [6.07, 6.45) is -3.60. The molecule has 0 spiro atoms. The van der Waals surface area contributed by atoms with Crippen LogP contribution in [0.1, 0.15) is 19.4 Å². The minimum absolute atomic E-state index is 0.326. The number of rotatable bonds is 3. The first kappa shape index (κ1) is 14.7. The molecule has 8 heteroatoms. The number of pyridine rings is 1. The van der Waals surface area contributed by atoms with Crippen LogP contribution in [0.4, 0.5) is 13.2 Å². The number of alkyl halides is 3. The van der Waals surface area contributed by atoms with E-state index in [9.17, 15) is 13.2 Å². The number of hydrogen-bond donors (Lipinski definition) is 1. The molecule has 0 amide bonds. The Balaban J connectivity index is 2.40. The molecule has 1 N–H and O–H groups in total. The van der Waals surface area contributed by atoms with Crippen molar-refractivity contribution in [1.82, 2.24) is 19.7 Å². The van der Waals surface area contributed by atoms with Gasteiger partial charge in [-0.25, -0.2) is 0 Å². The van der Waals surface area contributed by atoms with Gasteiger partial charge in [-0.2, -0.15) is 18.3 Å². The average molecular weight is 302 g/mol. The molecule has 2 rings (SSSR count). The predicted molar refractivity (Wildman–Crippen MR) is 70.5 cm³/mol. The maximum absolute atomic E-state index is 12.5. The predicted octanol–water partition coefficient (Wildman–Crippen LogP) is 3.68. The lowest BCUT2D eigenvalue weighted by molar-refractivity contribution is -0.137. The molecule has 2 heterocycles. The highest BCUT2D eigenvalue weighted by Gasteiger charge is 2.30. The second-order valence-corrected chi connectivity index (χ2v) is 5.17. The average Bonchev–Trinajstić information content (AvgIpc) is 2.70. The van der Waals surface area contributed by atoms with Crippen molar-refractivity contribution in [1.29, 1.82) is 0 Å². The smallest absolute Gasteiger partial charge is 0.299 e. The molecule has 2 aromatic heterocycles. The molecule has 0 radical (unpaired) electrons. The Morgan fingerprint density at radius 2 is 2.05 bits per heavy atom. The summed E-state index contributed by atoms with van der Waals surface area (Å²) in [5, 5.41) is 6.67. The molecule has 0 unspecified atom stereocenters.